The van der Waals surface area contributed by atoms with Crippen molar-refractivity contribution < 1.29 is 13.9 Å². The van der Waals surface area contributed by atoms with Crippen molar-refractivity contribution in [2.24, 2.45) is 5.10 Å². The minimum absolute atomic E-state index is 0.253. The lowest BCUT2D eigenvalue weighted by Gasteiger charge is -2.06. The number of hydrogen-bond acceptors (Lipinski definition) is 3. The van der Waals surface area contributed by atoms with E-state index in [0.717, 1.165) is 11.1 Å². The fourth-order valence-electron chi connectivity index (χ4n) is 2.30. The Bertz CT molecular complexity index is 990. The molecule has 0 aromatic heterocycles. The van der Waals surface area contributed by atoms with Crippen LogP contribution in [0.4, 0.5) is 4.39 Å². The number of amides is 1. The number of hydrogen-bond donors (Lipinski definition) is 1. The van der Waals surface area contributed by atoms with Crippen LogP contribution in [0.2, 0.25) is 10.0 Å². The summed E-state index contributed by atoms with van der Waals surface area (Å²) in [6.45, 7) is 0.339. The summed E-state index contributed by atoms with van der Waals surface area (Å²) in [6.07, 6.45) is 1.51. The standard InChI is InChI=1S/C21H15Cl2FN2O2/c22-16-5-10-19(20(23)11-16)21(27)26-25-12-14-3-8-18(9-4-14)28-13-15-1-6-17(24)7-2-15/h1-12H,13H2,(H,26,27)/b25-12-. The summed E-state index contributed by atoms with van der Waals surface area (Å²) in [5, 5.41) is 4.62. The molecule has 28 heavy (non-hydrogen) atoms. The summed E-state index contributed by atoms with van der Waals surface area (Å²) in [7, 11) is 0. The Kier molecular flexibility index (Phi) is 6.63. The topological polar surface area (TPSA) is 50.7 Å². The normalized spacial score (nSPS) is 10.8. The third-order valence-corrected chi connectivity index (χ3v) is 4.30. The van der Waals surface area contributed by atoms with Crippen LogP contribution in [0.5, 0.6) is 5.75 Å². The molecule has 0 saturated carbocycles. The van der Waals surface area contributed by atoms with Gasteiger partial charge in [0.05, 0.1) is 16.8 Å². The molecule has 0 aliphatic heterocycles. The second-order valence-corrected chi connectivity index (χ2v) is 6.65. The highest BCUT2D eigenvalue weighted by molar-refractivity contribution is 6.36. The number of rotatable bonds is 6. The Morgan fingerprint density at radius 2 is 1.75 bits per heavy atom. The molecule has 0 heterocycles. The monoisotopic (exact) mass is 416 g/mol. The summed E-state index contributed by atoms with van der Waals surface area (Å²) in [6, 6.07) is 17.9. The van der Waals surface area contributed by atoms with Crippen LogP contribution in [0.25, 0.3) is 0 Å². The van der Waals surface area contributed by atoms with E-state index < -0.39 is 5.91 Å². The van der Waals surface area contributed by atoms with Crippen LogP contribution in [0.1, 0.15) is 21.5 Å². The van der Waals surface area contributed by atoms with Crippen LogP contribution in [0, 0.1) is 5.82 Å². The van der Waals surface area contributed by atoms with Crippen LogP contribution in [0.15, 0.2) is 71.8 Å². The molecule has 0 radical (unpaired) electrons. The first-order chi connectivity index (χ1) is 13.5. The first-order valence-corrected chi connectivity index (χ1v) is 9.02. The Balaban J connectivity index is 1.53. The molecular formula is C21H15Cl2FN2O2. The SMILES string of the molecule is O=C(N/N=C\c1ccc(OCc2ccc(F)cc2)cc1)c1ccc(Cl)cc1Cl. The zero-order valence-electron chi connectivity index (χ0n) is 14.5. The number of nitrogens with zero attached hydrogens (tertiary/aromatic N) is 1. The summed E-state index contributed by atoms with van der Waals surface area (Å²) >= 11 is 11.8. The van der Waals surface area contributed by atoms with E-state index in [1.54, 1.807) is 42.5 Å². The largest absolute Gasteiger partial charge is 0.489 e. The molecule has 7 heteroatoms. The molecule has 0 unspecified atom stereocenters. The number of hydrazone groups is 1. The first-order valence-electron chi connectivity index (χ1n) is 8.27. The number of halogens is 3. The molecule has 3 aromatic carbocycles. The van der Waals surface area contributed by atoms with Crippen molar-refractivity contribution in [3.05, 3.63) is 99.3 Å². The van der Waals surface area contributed by atoms with Gasteiger partial charge in [-0.25, -0.2) is 9.82 Å². The molecule has 0 aliphatic rings. The molecule has 0 fully saturated rings. The van der Waals surface area contributed by atoms with Crippen LogP contribution < -0.4 is 10.2 Å². The molecule has 1 N–H and O–H groups in total. The predicted molar refractivity (Wildman–Crippen MR) is 109 cm³/mol. The Morgan fingerprint density at radius 1 is 1.04 bits per heavy atom. The molecule has 1 amide bonds. The highest BCUT2D eigenvalue weighted by Crippen LogP contribution is 2.20. The molecule has 0 bridgehead atoms. The Morgan fingerprint density at radius 3 is 2.43 bits per heavy atom. The van der Waals surface area contributed by atoms with Gasteiger partial charge in [-0.15, -0.1) is 0 Å². The minimum atomic E-state index is -0.433. The van der Waals surface area contributed by atoms with Gasteiger partial charge in [0.15, 0.2) is 0 Å². The van der Waals surface area contributed by atoms with E-state index in [1.165, 1.54) is 30.5 Å². The lowest BCUT2D eigenvalue weighted by molar-refractivity contribution is 0.0955. The van der Waals surface area contributed by atoms with Gasteiger partial charge >= 0.3 is 0 Å². The number of carbonyl (C=O) groups excluding carboxylic acids is 1. The third-order valence-electron chi connectivity index (χ3n) is 3.75. The van der Waals surface area contributed by atoms with Crippen molar-refractivity contribution in [1.82, 2.24) is 5.43 Å². The first kappa shape index (κ1) is 19.9. The lowest BCUT2D eigenvalue weighted by atomic mass is 10.2. The maximum Gasteiger partial charge on any atom is 0.272 e. The van der Waals surface area contributed by atoms with Gasteiger partial charge in [0.25, 0.3) is 5.91 Å². The van der Waals surface area contributed by atoms with Gasteiger partial charge in [-0.05, 0) is 65.7 Å². The van der Waals surface area contributed by atoms with Crippen molar-refractivity contribution in [2.45, 2.75) is 6.61 Å². The van der Waals surface area contributed by atoms with Gasteiger partial charge in [-0.1, -0.05) is 35.3 Å². The van der Waals surface area contributed by atoms with Crippen molar-refractivity contribution in [3.63, 3.8) is 0 Å². The van der Waals surface area contributed by atoms with Gasteiger partial charge in [0.1, 0.15) is 18.2 Å². The molecule has 0 aliphatic carbocycles. The maximum absolute atomic E-state index is 12.9. The van der Waals surface area contributed by atoms with E-state index in [9.17, 15) is 9.18 Å². The number of nitrogens with one attached hydrogen (secondary N) is 1. The smallest absolute Gasteiger partial charge is 0.272 e. The van der Waals surface area contributed by atoms with Crippen LogP contribution in [-0.4, -0.2) is 12.1 Å². The molecule has 0 spiro atoms. The fraction of sp³-hybridized carbons (Fsp3) is 0.0476. The van der Waals surface area contributed by atoms with Crippen LogP contribution in [-0.2, 0) is 6.61 Å². The van der Waals surface area contributed by atoms with Crippen molar-refractivity contribution >= 4 is 35.3 Å². The lowest BCUT2D eigenvalue weighted by Crippen LogP contribution is -2.18. The van der Waals surface area contributed by atoms with E-state index in [2.05, 4.69) is 10.5 Å². The van der Waals surface area contributed by atoms with E-state index in [0.29, 0.717) is 17.4 Å². The summed E-state index contributed by atoms with van der Waals surface area (Å²) < 4.78 is 18.5. The Labute approximate surface area is 171 Å². The molecule has 142 valence electrons. The van der Waals surface area contributed by atoms with Crippen molar-refractivity contribution in [2.75, 3.05) is 0 Å². The van der Waals surface area contributed by atoms with E-state index in [1.807, 2.05) is 0 Å². The van der Waals surface area contributed by atoms with Gasteiger partial charge in [-0.3, -0.25) is 4.79 Å². The molecule has 3 aromatic rings. The second-order valence-electron chi connectivity index (χ2n) is 5.81. The fourth-order valence-corrected chi connectivity index (χ4v) is 2.79. The van der Waals surface area contributed by atoms with Gasteiger partial charge < -0.3 is 4.74 Å². The number of ether oxygens (including phenoxy) is 1. The average molecular weight is 417 g/mol. The van der Waals surface area contributed by atoms with Gasteiger partial charge in [-0.2, -0.15) is 5.10 Å². The van der Waals surface area contributed by atoms with Crippen molar-refractivity contribution in [3.8, 4) is 5.75 Å². The highest BCUT2D eigenvalue weighted by Gasteiger charge is 2.09. The molecule has 3 rings (SSSR count). The second kappa shape index (κ2) is 9.35. The van der Waals surface area contributed by atoms with Crippen LogP contribution >= 0.6 is 23.2 Å². The number of benzene rings is 3. The zero-order valence-corrected chi connectivity index (χ0v) is 16.0. The quantitative estimate of drug-likeness (QED) is 0.427. The maximum atomic E-state index is 12.9. The zero-order chi connectivity index (χ0) is 19.9. The van der Waals surface area contributed by atoms with Gasteiger partial charge in [0.2, 0.25) is 0 Å². The summed E-state index contributed by atoms with van der Waals surface area (Å²) in [5.41, 5.74) is 4.35. The van der Waals surface area contributed by atoms with Gasteiger partial charge in [0, 0.05) is 5.02 Å². The van der Waals surface area contributed by atoms with Crippen LogP contribution in [0.3, 0.4) is 0 Å². The molecular weight excluding hydrogens is 402 g/mol. The van der Waals surface area contributed by atoms with E-state index in [-0.39, 0.29) is 16.4 Å². The van der Waals surface area contributed by atoms with E-state index >= 15 is 0 Å². The highest BCUT2D eigenvalue weighted by atomic mass is 35.5. The summed E-state index contributed by atoms with van der Waals surface area (Å²) in [4.78, 5) is 12.1. The molecule has 0 atom stereocenters. The van der Waals surface area contributed by atoms with Crippen molar-refractivity contribution in [1.29, 1.82) is 0 Å². The van der Waals surface area contributed by atoms with E-state index in [4.69, 9.17) is 27.9 Å². The molecule has 4 nitrogen and oxygen atoms in total. The summed E-state index contributed by atoms with van der Waals surface area (Å²) in [5.74, 6) is -0.0477. The number of carbonyl (C=O) groups is 1. The predicted octanol–water partition coefficient (Wildman–Crippen LogP) is 5.48. The molecule has 0 saturated heterocycles. The minimum Gasteiger partial charge on any atom is -0.489 e. The Hall–Kier alpha value is -2.89. The average Bonchev–Trinajstić information content (AvgIpc) is 2.68. The third kappa shape index (κ3) is 5.55.